The number of nitrogens with zero attached hydrogens (tertiary/aromatic N) is 2. The molecule has 1 aliphatic heterocycles. The van der Waals surface area contributed by atoms with Gasteiger partial charge in [-0.1, -0.05) is 19.1 Å². The van der Waals surface area contributed by atoms with Crippen LogP contribution in [0.15, 0.2) is 36.4 Å². The Labute approximate surface area is 171 Å². The highest BCUT2D eigenvalue weighted by atomic mass is 16.5. The van der Waals surface area contributed by atoms with Crippen molar-refractivity contribution in [3.8, 4) is 11.5 Å². The Morgan fingerprint density at radius 3 is 2.45 bits per heavy atom. The number of amides is 2. The Bertz CT molecular complexity index is 876. The molecule has 29 heavy (non-hydrogen) atoms. The summed E-state index contributed by atoms with van der Waals surface area (Å²) < 4.78 is 10.5. The van der Waals surface area contributed by atoms with Crippen molar-refractivity contribution in [3.63, 3.8) is 0 Å². The van der Waals surface area contributed by atoms with E-state index in [-0.39, 0.29) is 17.5 Å². The number of carbonyl (C=O) groups excluding carboxylic acids is 2. The molecule has 1 aromatic heterocycles. The Morgan fingerprint density at radius 1 is 1.07 bits per heavy atom. The molecule has 0 radical (unpaired) electrons. The molecule has 0 unspecified atom stereocenters. The number of ether oxygens (including phenoxy) is 2. The van der Waals surface area contributed by atoms with Gasteiger partial charge >= 0.3 is 0 Å². The van der Waals surface area contributed by atoms with E-state index >= 15 is 0 Å². The summed E-state index contributed by atoms with van der Waals surface area (Å²) >= 11 is 0. The zero-order chi connectivity index (χ0) is 20.8. The summed E-state index contributed by atoms with van der Waals surface area (Å²) in [5.41, 5.74) is 1.39. The van der Waals surface area contributed by atoms with E-state index in [2.05, 4.69) is 17.2 Å². The number of hydrogen-bond acceptors (Lipinski definition) is 5. The Balaban J connectivity index is 1.64. The third-order valence-electron chi connectivity index (χ3n) is 5.17. The molecule has 0 aliphatic carbocycles. The summed E-state index contributed by atoms with van der Waals surface area (Å²) in [5, 5.41) is 2.83. The summed E-state index contributed by atoms with van der Waals surface area (Å²) in [6, 6.07) is 10.4. The van der Waals surface area contributed by atoms with E-state index in [4.69, 9.17) is 9.47 Å². The summed E-state index contributed by atoms with van der Waals surface area (Å²) in [6.45, 7) is 3.97. The average molecular weight is 397 g/mol. The average Bonchev–Trinajstić information content (AvgIpc) is 2.77. The van der Waals surface area contributed by atoms with Crippen LogP contribution < -0.4 is 14.8 Å². The lowest BCUT2D eigenvalue weighted by Crippen LogP contribution is -2.38. The van der Waals surface area contributed by atoms with Crippen LogP contribution in [0.5, 0.6) is 11.5 Å². The van der Waals surface area contributed by atoms with Crippen LogP contribution in [0.2, 0.25) is 0 Å². The number of benzene rings is 1. The maximum Gasteiger partial charge on any atom is 0.272 e. The molecule has 1 fully saturated rings. The smallest absolute Gasteiger partial charge is 0.272 e. The quantitative estimate of drug-likeness (QED) is 0.811. The van der Waals surface area contributed by atoms with Crippen LogP contribution in [0.25, 0.3) is 0 Å². The number of rotatable bonds is 6. The molecule has 7 heteroatoms. The minimum atomic E-state index is -0.332. The monoisotopic (exact) mass is 397 g/mol. The van der Waals surface area contributed by atoms with Crippen molar-refractivity contribution in [1.29, 1.82) is 0 Å². The van der Waals surface area contributed by atoms with Crippen molar-refractivity contribution in [2.45, 2.75) is 26.3 Å². The van der Waals surface area contributed by atoms with Crippen molar-refractivity contribution in [2.24, 2.45) is 5.92 Å². The van der Waals surface area contributed by atoms with E-state index in [0.717, 1.165) is 31.5 Å². The fraction of sp³-hybridized carbons (Fsp3) is 0.409. The van der Waals surface area contributed by atoms with Gasteiger partial charge in [0.1, 0.15) is 11.4 Å². The number of likely N-dealkylation sites (tertiary alicyclic amines) is 1. The molecule has 1 aromatic carbocycles. The van der Waals surface area contributed by atoms with Gasteiger partial charge in [-0.2, -0.15) is 0 Å². The van der Waals surface area contributed by atoms with Crippen LogP contribution in [0, 0.1) is 5.92 Å². The number of piperidine rings is 1. The van der Waals surface area contributed by atoms with E-state index in [0.29, 0.717) is 29.7 Å². The van der Waals surface area contributed by atoms with Gasteiger partial charge in [-0.3, -0.25) is 9.59 Å². The Morgan fingerprint density at radius 2 is 1.76 bits per heavy atom. The standard InChI is InChI=1S/C22H27N3O4/c1-15-9-11-25(12-10-15)22(27)18-6-4-5-17(24-18)21(26)23-14-16-7-8-19(28-2)20(13-16)29-3/h4-8,13,15H,9-12,14H2,1-3H3,(H,23,26). The van der Waals surface area contributed by atoms with Gasteiger partial charge in [0.2, 0.25) is 0 Å². The van der Waals surface area contributed by atoms with Gasteiger partial charge in [-0.25, -0.2) is 4.98 Å². The van der Waals surface area contributed by atoms with Crippen LogP contribution in [0.4, 0.5) is 0 Å². The number of pyridine rings is 1. The van der Waals surface area contributed by atoms with Crippen LogP contribution >= 0.6 is 0 Å². The zero-order valence-corrected chi connectivity index (χ0v) is 17.1. The largest absolute Gasteiger partial charge is 0.493 e. The predicted molar refractivity (Wildman–Crippen MR) is 109 cm³/mol. The van der Waals surface area contributed by atoms with Gasteiger partial charge in [0, 0.05) is 19.6 Å². The first-order valence-electron chi connectivity index (χ1n) is 9.77. The number of aromatic nitrogens is 1. The molecule has 0 bridgehead atoms. The maximum atomic E-state index is 12.7. The lowest BCUT2D eigenvalue weighted by molar-refractivity contribution is 0.0691. The second-order valence-electron chi connectivity index (χ2n) is 7.25. The molecule has 0 spiro atoms. The fourth-order valence-electron chi connectivity index (χ4n) is 3.32. The molecule has 154 valence electrons. The van der Waals surface area contributed by atoms with Gasteiger partial charge in [-0.15, -0.1) is 0 Å². The molecule has 1 N–H and O–H groups in total. The third-order valence-corrected chi connectivity index (χ3v) is 5.17. The fourth-order valence-corrected chi connectivity index (χ4v) is 3.32. The first-order valence-corrected chi connectivity index (χ1v) is 9.77. The number of methoxy groups -OCH3 is 2. The van der Waals surface area contributed by atoms with E-state index in [1.807, 2.05) is 17.0 Å². The summed E-state index contributed by atoms with van der Waals surface area (Å²) in [5.74, 6) is 1.41. The lowest BCUT2D eigenvalue weighted by Gasteiger charge is -2.30. The molecule has 2 heterocycles. The van der Waals surface area contributed by atoms with Gasteiger partial charge < -0.3 is 19.7 Å². The van der Waals surface area contributed by atoms with Gasteiger partial charge in [0.15, 0.2) is 11.5 Å². The summed E-state index contributed by atoms with van der Waals surface area (Å²) in [4.78, 5) is 31.3. The predicted octanol–water partition coefficient (Wildman–Crippen LogP) is 2.90. The molecular weight excluding hydrogens is 370 g/mol. The van der Waals surface area contributed by atoms with Crippen molar-refractivity contribution in [3.05, 3.63) is 53.3 Å². The molecule has 0 atom stereocenters. The molecule has 2 aromatic rings. The van der Waals surface area contributed by atoms with E-state index in [1.165, 1.54) is 0 Å². The van der Waals surface area contributed by atoms with E-state index < -0.39 is 0 Å². The molecule has 1 aliphatic rings. The molecule has 7 nitrogen and oxygen atoms in total. The highest BCUT2D eigenvalue weighted by Gasteiger charge is 2.23. The SMILES string of the molecule is COc1ccc(CNC(=O)c2cccc(C(=O)N3CCC(C)CC3)n2)cc1OC. The third kappa shape index (κ3) is 5.04. The van der Waals surface area contributed by atoms with Gasteiger partial charge in [0.05, 0.1) is 14.2 Å². The number of carbonyl (C=O) groups is 2. The van der Waals surface area contributed by atoms with Gasteiger partial charge in [0.25, 0.3) is 11.8 Å². The van der Waals surface area contributed by atoms with Gasteiger partial charge in [-0.05, 0) is 48.6 Å². The summed E-state index contributed by atoms with van der Waals surface area (Å²) in [7, 11) is 3.14. The lowest BCUT2D eigenvalue weighted by atomic mass is 9.99. The normalized spacial score (nSPS) is 14.4. The van der Waals surface area contributed by atoms with Crippen LogP contribution in [0.1, 0.15) is 46.3 Å². The van der Waals surface area contributed by atoms with E-state index in [9.17, 15) is 9.59 Å². The molecule has 0 saturated carbocycles. The van der Waals surface area contributed by atoms with Crippen LogP contribution in [-0.4, -0.2) is 49.0 Å². The van der Waals surface area contributed by atoms with Crippen LogP contribution in [0.3, 0.4) is 0 Å². The zero-order valence-electron chi connectivity index (χ0n) is 17.1. The summed E-state index contributed by atoms with van der Waals surface area (Å²) in [6.07, 6.45) is 1.99. The second-order valence-corrected chi connectivity index (χ2v) is 7.25. The Hall–Kier alpha value is -3.09. The maximum absolute atomic E-state index is 12.7. The number of hydrogen-bond donors (Lipinski definition) is 1. The van der Waals surface area contributed by atoms with Crippen molar-refractivity contribution in [2.75, 3.05) is 27.3 Å². The highest BCUT2D eigenvalue weighted by Crippen LogP contribution is 2.27. The molecule has 3 rings (SSSR count). The highest BCUT2D eigenvalue weighted by molar-refractivity contribution is 5.96. The van der Waals surface area contributed by atoms with Crippen LogP contribution in [-0.2, 0) is 6.54 Å². The first-order chi connectivity index (χ1) is 14.0. The molecular formula is C22H27N3O4. The molecule has 2 amide bonds. The minimum Gasteiger partial charge on any atom is -0.493 e. The topological polar surface area (TPSA) is 80.8 Å². The van der Waals surface area contributed by atoms with Crippen molar-refractivity contribution >= 4 is 11.8 Å². The first kappa shape index (κ1) is 20.6. The minimum absolute atomic E-state index is 0.119. The van der Waals surface area contributed by atoms with Crippen molar-refractivity contribution < 1.29 is 19.1 Å². The second kappa shape index (κ2) is 9.41. The van der Waals surface area contributed by atoms with E-state index in [1.54, 1.807) is 38.5 Å². The Kier molecular flexibility index (Phi) is 6.69. The number of nitrogens with one attached hydrogen (secondary N) is 1. The van der Waals surface area contributed by atoms with Crippen molar-refractivity contribution in [1.82, 2.24) is 15.2 Å². The molecule has 1 saturated heterocycles.